The van der Waals surface area contributed by atoms with Gasteiger partial charge in [0, 0.05) is 29.8 Å². The number of hydrogen-bond acceptors (Lipinski definition) is 6. The molecule has 0 spiro atoms. The van der Waals surface area contributed by atoms with E-state index in [1.807, 2.05) is 16.2 Å². The molecule has 0 aromatic carbocycles. The average molecular weight is 366 g/mol. The largest absolute Gasteiger partial charge is 0.241 e. The first-order valence-electron chi connectivity index (χ1n) is 8.64. The Bertz CT molecular complexity index is 1090. The third kappa shape index (κ3) is 2.86. The Kier molecular flexibility index (Phi) is 3.80. The highest BCUT2D eigenvalue weighted by Gasteiger charge is 2.29. The van der Waals surface area contributed by atoms with Crippen LogP contribution in [0.2, 0.25) is 0 Å². The first kappa shape index (κ1) is 17.0. The second-order valence-corrected chi connectivity index (χ2v) is 9.12. The van der Waals surface area contributed by atoms with Crippen LogP contribution in [0.5, 0.6) is 0 Å². The van der Waals surface area contributed by atoms with Gasteiger partial charge in [-0.15, -0.1) is 11.3 Å². The maximum absolute atomic E-state index is 4.78. The van der Waals surface area contributed by atoms with Crippen molar-refractivity contribution < 1.29 is 0 Å². The molecule has 6 nitrogen and oxygen atoms in total. The maximum atomic E-state index is 4.78. The van der Waals surface area contributed by atoms with Crippen LogP contribution in [-0.4, -0.2) is 29.5 Å². The Morgan fingerprint density at radius 3 is 2.62 bits per heavy atom. The van der Waals surface area contributed by atoms with E-state index in [9.17, 15) is 0 Å². The third-order valence-electron chi connectivity index (χ3n) is 4.62. The zero-order valence-corrected chi connectivity index (χ0v) is 16.5. The van der Waals surface area contributed by atoms with Crippen LogP contribution >= 0.6 is 11.3 Å². The first-order chi connectivity index (χ1) is 12.3. The molecule has 0 aliphatic rings. The lowest BCUT2D eigenvalue weighted by Crippen LogP contribution is -2.25. The van der Waals surface area contributed by atoms with Gasteiger partial charge in [0.2, 0.25) is 0 Å². The van der Waals surface area contributed by atoms with Crippen LogP contribution < -0.4 is 0 Å². The third-order valence-corrected chi connectivity index (χ3v) is 5.35. The number of aromatic nitrogens is 6. The topological polar surface area (TPSA) is 68.9 Å². The highest BCUT2D eigenvalue weighted by atomic mass is 32.1. The minimum absolute atomic E-state index is 0.00840. The SMILES string of the molecule is CC(C)(C)c1cc(CC(C)(C)c2ncnc3scnc23)nn2ccnc12. The van der Waals surface area contributed by atoms with Gasteiger partial charge in [-0.25, -0.2) is 24.5 Å². The van der Waals surface area contributed by atoms with Gasteiger partial charge in [-0.1, -0.05) is 34.6 Å². The van der Waals surface area contributed by atoms with E-state index in [0.717, 1.165) is 33.8 Å². The summed E-state index contributed by atoms with van der Waals surface area (Å²) in [5, 5.41) is 4.78. The van der Waals surface area contributed by atoms with Crippen molar-refractivity contribution in [3.05, 3.63) is 47.2 Å². The summed E-state index contributed by atoms with van der Waals surface area (Å²) in [5.41, 5.74) is 6.60. The number of imidazole rings is 1. The zero-order chi connectivity index (χ0) is 18.5. The first-order valence-corrected chi connectivity index (χ1v) is 9.52. The minimum Gasteiger partial charge on any atom is -0.241 e. The molecule has 0 saturated heterocycles. The molecule has 134 valence electrons. The predicted octanol–water partition coefficient (Wildman–Crippen LogP) is 3.95. The van der Waals surface area contributed by atoms with Gasteiger partial charge in [0.25, 0.3) is 0 Å². The second-order valence-electron chi connectivity index (χ2n) is 8.28. The van der Waals surface area contributed by atoms with Gasteiger partial charge in [-0.05, 0) is 11.5 Å². The van der Waals surface area contributed by atoms with Gasteiger partial charge in [-0.2, -0.15) is 5.10 Å². The van der Waals surface area contributed by atoms with E-state index in [4.69, 9.17) is 5.10 Å². The number of rotatable bonds is 3. The fourth-order valence-electron chi connectivity index (χ4n) is 3.33. The van der Waals surface area contributed by atoms with Gasteiger partial charge in [-0.3, -0.25) is 0 Å². The van der Waals surface area contributed by atoms with Crippen LogP contribution in [0.15, 0.2) is 30.3 Å². The summed E-state index contributed by atoms with van der Waals surface area (Å²) in [5.74, 6) is 0. The van der Waals surface area contributed by atoms with Gasteiger partial charge >= 0.3 is 0 Å². The molecule has 0 saturated carbocycles. The summed E-state index contributed by atoms with van der Waals surface area (Å²) >= 11 is 1.54. The molecule has 4 heterocycles. The molecule has 0 N–H and O–H groups in total. The number of fused-ring (bicyclic) bond motifs is 2. The van der Waals surface area contributed by atoms with Gasteiger partial charge in [0.05, 0.1) is 16.9 Å². The van der Waals surface area contributed by atoms with E-state index in [-0.39, 0.29) is 10.8 Å². The van der Waals surface area contributed by atoms with E-state index < -0.39 is 0 Å². The monoisotopic (exact) mass is 366 g/mol. The molecule has 0 fully saturated rings. The van der Waals surface area contributed by atoms with Gasteiger partial charge in [0.1, 0.15) is 16.7 Å². The smallest absolute Gasteiger partial charge is 0.157 e. The average Bonchev–Trinajstić information content (AvgIpc) is 3.20. The Hall–Kier alpha value is -2.41. The molecule has 0 unspecified atom stereocenters. The van der Waals surface area contributed by atoms with Crippen LogP contribution in [0.4, 0.5) is 0 Å². The van der Waals surface area contributed by atoms with Crippen LogP contribution in [-0.2, 0) is 17.3 Å². The summed E-state index contributed by atoms with van der Waals surface area (Å²) in [6, 6.07) is 2.18. The molecule has 0 amide bonds. The minimum atomic E-state index is -0.217. The molecule has 0 bridgehead atoms. The molecule has 4 rings (SSSR count). The summed E-state index contributed by atoms with van der Waals surface area (Å²) in [7, 11) is 0. The zero-order valence-electron chi connectivity index (χ0n) is 15.7. The van der Waals surface area contributed by atoms with Crippen molar-refractivity contribution in [1.82, 2.24) is 29.5 Å². The molecule has 4 aromatic heterocycles. The second kappa shape index (κ2) is 5.81. The number of nitrogens with zero attached hydrogens (tertiary/aromatic N) is 6. The molecule has 0 radical (unpaired) electrons. The Morgan fingerprint density at radius 1 is 1.04 bits per heavy atom. The predicted molar refractivity (Wildman–Crippen MR) is 104 cm³/mol. The summed E-state index contributed by atoms with van der Waals surface area (Å²) in [4.78, 5) is 18.8. The van der Waals surface area contributed by atoms with Crippen LogP contribution in [0, 0.1) is 0 Å². The molecular formula is C19H22N6S. The van der Waals surface area contributed by atoms with Crippen molar-refractivity contribution in [2.45, 2.75) is 51.9 Å². The quantitative estimate of drug-likeness (QED) is 0.549. The molecule has 26 heavy (non-hydrogen) atoms. The van der Waals surface area contributed by atoms with E-state index in [2.05, 4.69) is 60.6 Å². The van der Waals surface area contributed by atoms with E-state index in [1.54, 1.807) is 23.9 Å². The van der Waals surface area contributed by atoms with Gasteiger partial charge in [0.15, 0.2) is 5.65 Å². The molecule has 7 heteroatoms. The van der Waals surface area contributed by atoms with E-state index >= 15 is 0 Å². The summed E-state index contributed by atoms with van der Waals surface area (Å²) in [6.07, 6.45) is 6.10. The highest BCUT2D eigenvalue weighted by Crippen LogP contribution is 2.32. The van der Waals surface area contributed by atoms with Crippen LogP contribution in [0.3, 0.4) is 0 Å². The molecule has 0 aliphatic heterocycles. The molecule has 0 atom stereocenters. The normalized spacial score (nSPS) is 13.0. The fourth-order valence-corrected chi connectivity index (χ4v) is 3.96. The Balaban J connectivity index is 1.80. The lowest BCUT2D eigenvalue weighted by Gasteiger charge is -2.25. The van der Waals surface area contributed by atoms with Crippen molar-refractivity contribution in [3.8, 4) is 0 Å². The lowest BCUT2D eigenvalue weighted by molar-refractivity contribution is 0.495. The molecule has 4 aromatic rings. The van der Waals surface area contributed by atoms with Crippen molar-refractivity contribution in [1.29, 1.82) is 0 Å². The lowest BCUT2D eigenvalue weighted by atomic mass is 9.82. The Labute approximate surface area is 156 Å². The van der Waals surface area contributed by atoms with Crippen molar-refractivity contribution in [2.75, 3.05) is 0 Å². The molecule has 0 aliphatic carbocycles. The highest BCUT2D eigenvalue weighted by molar-refractivity contribution is 7.16. The number of thiazole rings is 1. The molecular weight excluding hydrogens is 344 g/mol. The van der Waals surface area contributed by atoms with Crippen molar-refractivity contribution in [3.63, 3.8) is 0 Å². The summed E-state index contributed by atoms with van der Waals surface area (Å²) in [6.45, 7) is 11.0. The Morgan fingerprint density at radius 2 is 1.85 bits per heavy atom. The number of hydrogen-bond donors (Lipinski definition) is 0. The maximum Gasteiger partial charge on any atom is 0.157 e. The van der Waals surface area contributed by atoms with Crippen LogP contribution in [0.25, 0.3) is 16.0 Å². The van der Waals surface area contributed by atoms with Crippen molar-refractivity contribution >= 4 is 27.3 Å². The standard InChI is InChI=1S/C19H22N6S/c1-18(2,3)13-8-12(24-25-7-6-20-16(13)25)9-19(4,5)15-14-17(22-10-21-15)26-11-23-14/h6-8,10-11H,9H2,1-5H3. The fraction of sp³-hybridized carbons (Fsp3) is 0.421. The van der Waals surface area contributed by atoms with Gasteiger partial charge < -0.3 is 0 Å². The summed E-state index contributed by atoms with van der Waals surface area (Å²) < 4.78 is 1.88. The van der Waals surface area contributed by atoms with Crippen LogP contribution in [0.1, 0.15) is 51.6 Å². The van der Waals surface area contributed by atoms with E-state index in [1.165, 1.54) is 5.56 Å². The van der Waals surface area contributed by atoms with E-state index in [0.29, 0.717) is 0 Å². The van der Waals surface area contributed by atoms with Crippen molar-refractivity contribution in [2.24, 2.45) is 0 Å².